The van der Waals surface area contributed by atoms with Crippen molar-refractivity contribution in [1.29, 1.82) is 0 Å². The van der Waals surface area contributed by atoms with Crippen molar-refractivity contribution in [2.75, 3.05) is 32.7 Å². The molecule has 1 rings (SSSR count). The number of piperidine rings is 1. The van der Waals surface area contributed by atoms with Gasteiger partial charge in [0.05, 0.1) is 5.92 Å². The number of amides is 1. The van der Waals surface area contributed by atoms with Crippen molar-refractivity contribution in [2.24, 2.45) is 11.7 Å². The fourth-order valence-electron chi connectivity index (χ4n) is 2.18. The molecule has 4 nitrogen and oxygen atoms in total. The van der Waals surface area contributed by atoms with Crippen molar-refractivity contribution in [3.63, 3.8) is 0 Å². The first kappa shape index (κ1) is 14.2. The Balaban J connectivity index is 2.37. The highest BCUT2D eigenvalue weighted by molar-refractivity contribution is 5.78. The molecule has 0 bridgehead atoms. The highest BCUT2D eigenvalue weighted by atomic mass is 16.1. The van der Waals surface area contributed by atoms with Gasteiger partial charge in [-0.25, -0.2) is 0 Å². The van der Waals surface area contributed by atoms with Crippen LogP contribution in [0.2, 0.25) is 0 Å². The van der Waals surface area contributed by atoms with E-state index in [1.165, 1.54) is 5.57 Å². The number of nitrogens with two attached hydrogens (primary N) is 1. The number of hydrogen-bond donors (Lipinski definition) is 2. The molecule has 1 aliphatic rings. The zero-order chi connectivity index (χ0) is 12.7. The molecule has 4 heteroatoms. The van der Waals surface area contributed by atoms with E-state index in [0.29, 0.717) is 13.1 Å². The second-order valence-corrected chi connectivity index (χ2v) is 4.76. The number of carbonyl (C=O) groups excluding carboxylic acids is 1. The molecular weight excluding hydrogens is 214 g/mol. The topological polar surface area (TPSA) is 58.4 Å². The summed E-state index contributed by atoms with van der Waals surface area (Å²) in [6.07, 6.45) is 3.10. The Morgan fingerprint density at radius 3 is 3.00 bits per heavy atom. The van der Waals surface area contributed by atoms with Gasteiger partial charge < -0.3 is 11.1 Å². The van der Waals surface area contributed by atoms with E-state index in [1.54, 1.807) is 0 Å². The summed E-state index contributed by atoms with van der Waals surface area (Å²) in [7, 11) is 0. The first-order valence-electron chi connectivity index (χ1n) is 6.54. The molecule has 17 heavy (non-hydrogen) atoms. The van der Waals surface area contributed by atoms with Crippen molar-refractivity contribution in [3.8, 4) is 0 Å². The number of rotatable bonds is 6. The van der Waals surface area contributed by atoms with E-state index in [0.717, 1.165) is 38.9 Å². The molecule has 0 aromatic carbocycles. The number of hydrogen-bond acceptors (Lipinski definition) is 3. The van der Waals surface area contributed by atoms with E-state index < -0.39 is 0 Å². The Kier molecular flexibility index (Phi) is 6.22. The molecule has 0 radical (unpaired) electrons. The van der Waals surface area contributed by atoms with Crippen LogP contribution in [0.5, 0.6) is 0 Å². The minimum atomic E-state index is 0.125. The second kappa shape index (κ2) is 7.45. The average Bonchev–Trinajstić information content (AvgIpc) is 2.36. The van der Waals surface area contributed by atoms with Gasteiger partial charge in [0, 0.05) is 26.2 Å². The lowest BCUT2D eigenvalue weighted by Gasteiger charge is -2.32. The Morgan fingerprint density at radius 2 is 2.35 bits per heavy atom. The molecule has 1 heterocycles. The summed E-state index contributed by atoms with van der Waals surface area (Å²) >= 11 is 0. The Morgan fingerprint density at radius 1 is 1.59 bits per heavy atom. The van der Waals surface area contributed by atoms with Crippen LogP contribution in [0.15, 0.2) is 12.2 Å². The quantitative estimate of drug-likeness (QED) is 0.672. The first-order valence-corrected chi connectivity index (χ1v) is 6.54. The summed E-state index contributed by atoms with van der Waals surface area (Å²) in [5.74, 6) is 0.280. The minimum absolute atomic E-state index is 0.125. The highest BCUT2D eigenvalue weighted by Gasteiger charge is 2.25. The summed E-state index contributed by atoms with van der Waals surface area (Å²) < 4.78 is 0. The summed E-state index contributed by atoms with van der Waals surface area (Å²) in [5.41, 5.74) is 6.62. The monoisotopic (exact) mass is 239 g/mol. The van der Waals surface area contributed by atoms with Crippen LogP contribution in [0.1, 0.15) is 26.2 Å². The van der Waals surface area contributed by atoms with E-state index >= 15 is 0 Å². The van der Waals surface area contributed by atoms with Crippen LogP contribution in [-0.4, -0.2) is 43.5 Å². The van der Waals surface area contributed by atoms with Crippen LogP contribution < -0.4 is 11.1 Å². The van der Waals surface area contributed by atoms with Gasteiger partial charge in [-0.2, -0.15) is 0 Å². The van der Waals surface area contributed by atoms with Gasteiger partial charge in [0.15, 0.2) is 0 Å². The smallest absolute Gasteiger partial charge is 0.224 e. The van der Waals surface area contributed by atoms with Crippen molar-refractivity contribution in [3.05, 3.63) is 12.2 Å². The molecule has 0 aromatic rings. The third-order valence-electron chi connectivity index (χ3n) is 3.27. The minimum Gasteiger partial charge on any atom is -0.355 e. The van der Waals surface area contributed by atoms with Crippen molar-refractivity contribution in [1.82, 2.24) is 10.2 Å². The Labute approximate surface area is 104 Å². The lowest BCUT2D eigenvalue weighted by atomic mass is 9.96. The third kappa shape index (κ3) is 4.88. The largest absolute Gasteiger partial charge is 0.355 e. The van der Waals surface area contributed by atoms with Crippen molar-refractivity contribution in [2.45, 2.75) is 26.2 Å². The molecule has 98 valence electrons. The normalized spacial score (nSPS) is 21.2. The lowest BCUT2D eigenvalue weighted by molar-refractivity contribution is -0.126. The van der Waals surface area contributed by atoms with Crippen LogP contribution >= 0.6 is 0 Å². The molecule has 1 amide bonds. The van der Waals surface area contributed by atoms with Crippen LogP contribution in [0.3, 0.4) is 0 Å². The van der Waals surface area contributed by atoms with Gasteiger partial charge in [0.25, 0.3) is 0 Å². The fraction of sp³-hybridized carbons (Fsp3) is 0.769. The van der Waals surface area contributed by atoms with Gasteiger partial charge in [-0.05, 0) is 25.8 Å². The van der Waals surface area contributed by atoms with E-state index in [9.17, 15) is 4.79 Å². The molecule has 1 atom stereocenters. The highest BCUT2D eigenvalue weighted by Crippen LogP contribution is 2.17. The van der Waals surface area contributed by atoms with Gasteiger partial charge in [0.1, 0.15) is 0 Å². The van der Waals surface area contributed by atoms with Gasteiger partial charge in [-0.3, -0.25) is 9.69 Å². The maximum Gasteiger partial charge on any atom is 0.224 e. The molecule has 1 saturated heterocycles. The summed E-state index contributed by atoms with van der Waals surface area (Å²) in [6, 6.07) is 0. The lowest BCUT2D eigenvalue weighted by Crippen LogP contribution is -2.44. The van der Waals surface area contributed by atoms with Gasteiger partial charge in [-0.15, -0.1) is 0 Å². The summed E-state index contributed by atoms with van der Waals surface area (Å²) in [6.45, 7) is 10.1. The summed E-state index contributed by atoms with van der Waals surface area (Å²) in [5, 5.41) is 2.88. The zero-order valence-electron chi connectivity index (χ0n) is 10.9. The second-order valence-electron chi connectivity index (χ2n) is 4.76. The summed E-state index contributed by atoms with van der Waals surface area (Å²) in [4.78, 5) is 14.2. The predicted octanol–water partition coefficient (Wildman–Crippen LogP) is 0.740. The van der Waals surface area contributed by atoms with Gasteiger partial charge in [-0.1, -0.05) is 19.1 Å². The fourth-order valence-corrected chi connectivity index (χ4v) is 2.18. The standard InChI is InChI=1S/C13H25N3O/c1-3-11(2)9-16-8-4-5-12(10-16)13(17)15-7-6-14/h12H,2-10,14H2,1H3,(H,15,17). The molecule has 0 spiro atoms. The van der Waals surface area contributed by atoms with Crippen molar-refractivity contribution < 1.29 is 4.79 Å². The molecule has 0 saturated carbocycles. The predicted molar refractivity (Wildman–Crippen MR) is 70.7 cm³/mol. The van der Waals surface area contributed by atoms with Gasteiger partial charge >= 0.3 is 0 Å². The van der Waals surface area contributed by atoms with Crippen molar-refractivity contribution >= 4 is 5.91 Å². The van der Waals surface area contributed by atoms with Crippen LogP contribution in [0, 0.1) is 5.92 Å². The van der Waals surface area contributed by atoms with E-state index in [4.69, 9.17) is 5.73 Å². The Hall–Kier alpha value is -0.870. The van der Waals surface area contributed by atoms with Crippen LogP contribution in [-0.2, 0) is 4.79 Å². The molecule has 3 N–H and O–H groups in total. The third-order valence-corrected chi connectivity index (χ3v) is 3.27. The number of nitrogens with one attached hydrogen (secondary N) is 1. The average molecular weight is 239 g/mol. The maximum absolute atomic E-state index is 11.8. The van der Waals surface area contributed by atoms with E-state index in [-0.39, 0.29) is 11.8 Å². The van der Waals surface area contributed by atoms with Crippen LogP contribution in [0.25, 0.3) is 0 Å². The molecule has 1 aliphatic heterocycles. The van der Waals surface area contributed by atoms with E-state index in [2.05, 4.69) is 23.7 Å². The van der Waals surface area contributed by atoms with Crippen LogP contribution in [0.4, 0.5) is 0 Å². The molecule has 0 aromatic heterocycles. The SMILES string of the molecule is C=C(CC)CN1CCCC(C(=O)NCCN)C1. The molecule has 0 aliphatic carbocycles. The zero-order valence-corrected chi connectivity index (χ0v) is 10.9. The molecular formula is C13H25N3O. The van der Waals surface area contributed by atoms with Gasteiger partial charge in [0.2, 0.25) is 5.91 Å². The molecule has 1 unspecified atom stereocenters. The van der Waals surface area contributed by atoms with E-state index in [1.807, 2.05) is 0 Å². The number of nitrogens with zero attached hydrogens (tertiary/aromatic N) is 1. The number of carbonyl (C=O) groups is 1. The number of likely N-dealkylation sites (tertiary alicyclic amines) is 1. The maximum atomic E-state index is 11.8. The Bertz CT molecular complexity index is 265. The first-order chi connectivity index (χ1) is 8.17. The molecule has 1 fully saturated rings.